The minimum atomic E-state index is -0.266. The second-order valence-electron chi connectivity index (χ2n) is 8.19. The maximum Gasteiger partial charge on any atom is 0.325 e. The van der Waals surface area contributed by atoms with Crippen molar-refractivity contribution in [1.82, 2.24) is 19.8 Å². The van der Waals surface area contributed by atoms with Crippen LogP contribution >= 0.6 is 12.2 Å². The van der Waals surface area contributed by atoms with Gasteiger partial charge >= 0.3 is 5.97 Å². The third-order valence-electron chi connectivity index (χ3n) is 6.33. The molecule has 2 unspecified atom stereocenters. The van der Waals surface area contributed by atoms with Gasteiger partial charge < -0.3 is 19.5 Å². The molecule has 3 heterocycles. The zero-order valence-corrected chi connectivity index (χ0v) is 18.7. The lowest BCUT2D eigenvalue weighted by molar-refractivity contribution is -0.143. The minimum absolute atomic E-state index is 0.113. The largest absolute Gasteiger partial charge is 0.465 e. The number of aromatic nitrogens is 2. The molecule has 4 rings (SSSR count). The van der Waals surface area contributed by atoms with E-state index in [0.29, 0.717) is 17.8 Å². The number of aryl methyl sites for hydroxylation is 1. The van der Waals surface area contributed by atoms with Gasteiger partial charge in [-0.1, -0.05) is 18.9 Å². The highest BCUT2D eigenvalue weighted by Gasteiger charge is 2.42. The molecule has 0 bridgehead atoms. The van der Waals surface area contributed by atoms with Crippen LogP contribution in [-0.2, 0) is 9.53 Å². The molecule has 2 aromatic heterocycles. The van der Waals surface area contributed by atoms with Gasteiger partial charge in [0, 0.05) is 23.6 Å². The van der Waals surface area contributed by atoms with Crippen molar-refractivity contribution in [2.75, 3.05) is 13.2 Å². The fourth-order valence-corrected chi connectivity index (χ4v) is 5.39. The molecule has 160 valence electrons. The van der Waals surface area contributed by atoms with Crippen molar-refractivity contribution in [3.05, 3.63) is 53.1 Å². The van der Waals surface area contributed by atoms with Gasteiger partial charge in [0.15, 0.2) is 5.11 Å². The Hall–Kier alpha value is -2.41. The van der Waals surface area contributed by atoms with Gasteiger partial charge in [0.1, 0.15) is 6.54 Å². The van der Waals surface area contributed by atoms with Crippen LogP contribution in [0.25, 0.3) is 0 Å². The Morgan fingerprint density at radius 1 is 1.30 bits per heavy atom. The minimum Gasteiger partial charge on any atom is -0.465 e. The molecular formula is C23H30N4O2S. The van der Waals surface area contributed by atoms with Crippen molar-refractivity contribution in [2.24, 2.45) is 0 Å². The first kappa shape index (κ1) is 20.8. The highest BCUT2D eigenvalue weighted by atomic mass is 32.1. The van der Waals surface area contributed by atoms with Gasteiger partial charge in [-0.05, 0) is 69.6 Å². The van der Waals surface area contributed by atoms with E-state index in [-0.39, 0.29) is 24.6 Å². The number of nitrogens with zero attached hydrogens (tertiary/aromatic N) is 3. The summed E-state index contributed by atoms with van der Waals surface area (Å²) < 4.78 is 7.72. The Balaban J connectivity index is 1.76. The summed E-state index contributed by atoms with van der Waals surface area (Å²) in [5.41, 5.74) is 4.64. The lowest BCUT2D eigenvalue weighted by Gasteiger charge is -2.27. The summed E-state index contributed by atoms with van der Waals surface area (Å²) >= 11 is 5.66. The first-order valence-electron chi connectivity index (χ1n) is 10.8. The van der Waals surface area contributed by atoms with Crippen molar-refractivity contribution >= 4 is 23.3 Å². The summed E-state index contributed by atoms with van der Waals surface area (Å²) in [5.74, 6) is -0.266. The molecule has 2 aromatic rings. The van der Waals surface area contributed by atoms with Crippen LogP contribution in [-0.4, -0.2) is 38.7 Å². The average molecular weight is 427 g/mol. The summed E-state index contributed by atoms with van der Waals surface area (Å²) in [5, 5.41) is 3.98. The van der Waals surface area contributed by atoms with E-state index in [1.54, 1.807) is 6.20 Å². The number of thiocarbonyl (C=S) groups is 1. The van der Waals surface area contributed by atoms with Crippen LogP contribution < -0.4 is 5.32 Å². The van der Waals surface area contributed by atoms with Gasteiger partial charge in [-0.15, -0.1) is 0 Å². The van der Waals surface area contributed by atoms with Crippen LogP contribution in [0.5, 0.6) is 0 Å². The molecule has 0 amide bonds. The molecule has 6 nitrogen and oxygen atoms in total. The van der Waals surface area contributed by atoms with E-state index in [0.717, 1.165) is 5.69 Å². The second-order valence-corrected chi connectivity index (χ2v) is 8.58. The standard InChI is InChI=1S/C23H30N4O2S/c1-4-29-20(28)14-26-22(21(25-23(26)30)19-11-7-8-12-24-19)18-13-15(2)27(16(18)3)17-9-5-6-10-17/h7-8,11-13,17,21-22H,4-6,9-10,14H2,1-3H3,(H,25,30). The number of hydrogen-bond acceptors (Lipinski definition) is 4. The smallest absolute Gasteiger partial charge is 0.325 e. The topological polar surface area (TPSA) is 59.4 Å². The number of rotatable bonds is 6. The third-order valence-corrected chi connectivity index (χ3v) is 6.69. The molecule has 0 aromatic carbocycles. The van der Waals surface area contributed by atoms with Crippen LogP contribution in [0.3, 0.4) is 0 Å². The van der Waals surface area contributed by atoms with Gasteiger partial charge in [-0.25, -0.2) is 0 Å². The number of hydrogen-bond donors (Lipinski definition) is 1. The summed E-state index contributed by atoms with van der Waals surface area (Å²) in [6, 6.07) is 8.50. The molecule has 2 atom stereocenters. The van der Waals surface area contributed by atoms with Crippen molar-refractivity contribution in [2.45, 2.75) is 64.6 Å². The molecule has 1 aliphatic heterocycles. The third kappa shape index (κ3) is 3.83. The van der Waals surface area contributed by atoms with Gasteiger partial charge in [0.25, 0.3) is 0 Å². The number of carbonyl (C=O) groups excluding carboxylic acids is 1. The van der Waals surface area contributed by atoms with E-state index in [2.05, 4.69) is 34.8 Å². The van der Waals surface area contributed by atoms with Gasteiger partial charge in [0.05, 0.1) is 24.4 Å². The highest BCUT2D eigenvalue weighted by Crippen LogP contribution is 2.42. The maximum atomic E-state index is 12.4. The first-order valence-corrected chi connectivity index (χ1v) is 11.2. The highest BCUT2D eigenvalue weighted by molar-refractivity contribution is 7.80. The Bertz CT molecular complexity index is 921. The quantitative estimate of drug-likeness (QED) is 0.553. The van der Waals surface area contributed by atoms with Crippen molar-refractivity contribution in [3.63, 3.8) is 0 Å². The van der Waals surface area contributed by atoms with Crippen LogP contribution in [0.4, 0.5) is 0 Å². The lowest BCUT2D eigenvalue weighted by atomic mass is 9.96. The summed E-state index contributed by atoms with van der Waals surface area (Å²) in [7, 11) is 0. The lowest BCUT2D eigenvalue weighted by Crippen LogP contribution is -2.35. The molecule has 0 radical (unpaired) electrons. The summed E-state index contributed by atoms with van der Waals surface area (Å²) in [4.78, 5) is 18.9. The van der Waals surface area contributed by atoms with E-state index in [1.165, 1.54) is 42.6 Å². The van der Waals surface area contributed by atoms with E-state index in [4.69, 9.17) is 17.0 Å². The predicted molar refractivity (Wildman–Crippen MR) is 120 cm³/mol. The van der Waals surface area contributed by atoms with Crippen molar-refractivity contribution in [1.29, 1.82) is 0 Å². The van der Waals surface area contributed by atoms with E-state index in [9.17, 15) is 4.79 Å². The number of nitrogens with one attached hydrogen (secondary N) is 1. The van der Waals surface area contributed by atoms with Crippen LogP contribution in [0.2, 0.25) is 0 Å². The molecule has 30 heavy (non-hydrogen) atoms. The molecule has 1 saturated heterocycles. The molecule has 2 fully saturated rings. The number of carbonyl (C=O) groups is 1. The van der Waals surface area contributed by atoms with Gasteiger partial charge in [-0.3, -0.25) is 9.78 Å². The molecule has 2 aliphatic rings. The van der Waals surface area contributed by atoms with Crippen molar-refractivity contribution < 1.29 is 9.53 Å². The molecule has 1 aliphatic carbocycles. The van der Waals surface area contributed by atoms with E-state index < -0.39 is 0 Å². The van der Waals surface area contributed by atoms with E-state index in [1.807, 2.05) is 30.0 Å². The van der Waals surface area contributed by atoms with Crippen LogP contribution in [0.1, 0.15) is 73.4 Å². The average Bonchev–Trinajstić information content (AvgIpc) is 3.42. The fraction of sp³-hybridized carbons (Fsp3) is 0.522. The van der Waals surface area contributed by atoms with Gasteiger partial charge in [0.2, 0.25) is 0 Å². The summed E-state index contributed by atoms with van der Waals surface area (Å²) in [6.07, 6.45) is 6.84. The number of ether oxygens (including phenoxy) is 1. The SMILES string of the molecule is CCOC(=O)CN1C(=S)NC(c2ccccn2)C1c1cc(C)n(C2CCCC2)c1C. The predicted octanol–water partition coefficient (Wildman–Crippen LogP) is 4.15. The fourth-order valence-electron chi connectivity index (χ4n) is 5.09. The Kier molecular flexibility index (Phi) is 6.09. The van der Waals surface area contributed by atoms with Crippen LogP contribution in [0, 0.1) is 13.8 Å². The zero-order valence-electron chi connectivity index (χ0n) is 17.9. The Morgan fingerprint density at radius 3 is 2.73 bits per heavy atom. The number of pyridine rings is 1. The van der Waals surface area contributed by atoms with E-state index >= 15 is 0 Å². The second kappa shape index (κ2) is 8.76. The monoisotopic (exact) mass is 426 g/mol. The molecule has 1 saturated carbocycles. The maximum absolute atomic E-state index is 12.4. The zero-order chi connectivity index (χ0) is 21.3. The number of esters is 1. The molecule has 0 spiro atoms. The first-order chi connectivity index (χ1) is 14.5. The normalized spacial score (nSPS) is 21.8. The molecular weight excluding hydrogens is 396 g/mol. The Morgan fingerprint density at radius 2 is 2.07 bits per heavy atom. The Labute approximate surface area is 183 Å². The molecule has 1 N–H and O–H groups in total. The molecule has 7 heteroatoms. The van der Waals surface area contributed by atoms with Gasteiger partial charge in [-0.2, -0.15) is 0 Å². The van der Waals surface area contributed by atoms with Crippen LogP contribution in [0.15, 0.2) is 30.5 Å². The van der Waals surface area contributed by atoms with Crippen molar-refractivity contribution in [3.8, 4) is 0 Å². The summed E-state index contributed by atoms with van der Waals surface area (Å²) in [6.45, 7) is 6.68.